The van der Waals surface area contributed by atoms with Crippen molar-refractivity contribution >= 4 is 5.96 Å². The summed E-state index contributed by atoms with van der Waals surface area (Å²) >= 11 is 0. The molecule has 0 amide bonds. The molecule has 0 aliphatic heterocycles. The summed E-state index contributed by atoms with van der Waals surface area (Å²) in [5.41, 5.74) is 3.73. The van der Waals surface area contributed by atoms with E-state index in [0.717, 1.165) is 30.4 Å². The number of aliphatic imine (C=N–C) groups is 1. The number of rotatable bonds is 5. The van der Waals surface area contributed by atoms with Crippen LogP contribution in [0.1, 0.15) is 47.7 Å². The number of aryl methyl sites for hydroxylation is 3. The molecule has 0 radical (unpaired) electrons. The second kappa shape index (κ2) is 7.07. The van der Waals surface area contributed by atoms with Crippen molar-refractivity contribution in [3.63, 3.8) is 0 Å². The van der Waals surface area contributed by atoms with E-state index in [1.807, 2.05) is 13.8 Å². The van der Waals surface area contributed by atoms with E-state index in [0.29, 0.717) is 24.4 Å². The van der Waals surface area contributed by atoms with Gasteiger partial charge < -0.3 is 15.1 Å². The molecule has 3 rings (SSSR count). The van der Waals surface area contributed by atoms with Gasteiger partial charge in [0, 0.05) is 18.5 Å². The van der Waals surface area contributed by atoms with E-state index in [4.69, 9.17) is 4.42 Å². The Morgan fingerprint density at radius 3 is 2.75 bits per heavy atom. The Hall–Kier alpha value is -2.30. The molecule has 1 aliphatic rings. The maximum absolute atomic E-state index is 5.60. The minimum absolute atomic E-state index is 0.442. The summed E-state index contributed by atoms with van der Waals surface area (Å²) in [4.78, 5) is 8.99. The highest BCUT2D eigenvalue weighted by molar-refractivity contribution is 5.80. The van der Waals surface area contributed by atoms with Crippen molar-refractivity contribution in [3.05, 3.63) is 52.7 Å². The highest BCUT2D eigenvalue weighted by Gasteiger charge is 2.39. The number of hydrogen-bond acceptors (Lipinski definition) is 3. The molecule has 1 saturated carbocycles. The normalized spacial score (nSPS) is 20.1. The topological polar surface area (TPSA) is 62.5 Å². The van der Waals surface area contributed by atoms with Crippen LogP contribution in [0.3, 0.4) is 0 Å². The fourth-order valence-corrected chi connectivity index (χ4v) is 2.95. The lowest BCUT2D eigenvalue weighted by Gasteiger charge is -2.11. The Kier molecular flexibility index (Phi) is 4.88. The number of aromatic nitrogens is 1. The molecule has 2 atom stereocenters. The van der Waals surface area contributed by atoms with E-state index in [1.165, 1.54) is 11.1 Å². The smallest absolute Gasteiger partial charge is 0.216 e. The average Bonchev–Trinajstić information content (AvgIpc) is 3.23. The summed E-state index contributed by atoms with van der Waals surface area (Å²) in [6, 6.07) is 9.05. The van der Waals surface area contributed by atoms with E-state index in [9.17, 15) is 0 Å². The predicted octanol–water partition coefficient (Wildman–Crippen LogP) is 3.21. The fourth-order valence-electron chi connectivity index (χ4n) is 2.95. The van der Waals surface area contributed by atoms with E-state index < -0.39 is 0 Å². The van der Waals surface area contributed by atoms with Gasteiger partial charge in [-0.1, -0.05) is 24.3 Å². The number of nitrogens with one attached hydrogen (secondary N) is 2. The second-order valence-electron chi connectivity index (χ2n) is 6.39. The lowest BCUT2D eigenvalue weighted by molar-refractivity contribution is 0.472. The summed E-state index contributed by atoms with van der Waals surface area (Å²) < 4.78 is 5.60. The van der Waals surface area contributed by atoms with Crippen molar-refractivity contribution in [1.29, 1.82) is 0 Å². The Labute approximate surface area is 143 Å². The van der Waals surface area contributed by atoms with Crippen LogP contribution in [0.15, 0.2) is 33.7 Å². The van der Waals surface area contributed by atoms with Crippen LogP contribution in [0.2, 0.25) is 0 Å². The lowest BCUT2D eigenvalue weighted by Crippen LogP contribution is -2.39. The van der Waals surface area contributed by atoms with E-state index in [1.54, 1.807) is 0 Å². The zero-order valence-electron chi connectivity index (χ0n) is 14.9. The first-order valence-electron chi connectivity index (χ1n) is 8.61. The molecule has 5 nitrogen and oxygen atoms in total. The Morgan fingerprint density at radius 2 is 2.08 bits per heavy atom. The average molecular weight is 326 g/mol. The monoisotopic (exact) mass is 326 g/mol. The number of oxazole rings is 1. The summed E-state index contributed by atoms with van der Waals surface area (Å²) in [5, 5.41) is 6.83. The van der Waals surface area contributed by atoms with E-state index >= 15 is 0 Å². The van der Waals surface area contributed by atoms with Crippen LogP contribution in [0, 0.1) is 20.8 Å². The molecule has 1 aromatic carbocycles. The van der Waals surface area contributed by atoms with Gasteiger partial charge in [-0.2, -0.15) is 0 Å². The summed E-state index contributed by atoms with van der Waals surface area (Å²) in [5.74, 6) is 2.92. The van der Waals surface area contributed by atoms with E-state index in [2.05, 4.69) is 58.7 Å². The standard InChI is InChI=1S/C19H26N4O/c1-5-20-19(21-11-18-22-13(3)14(4)24-18)23-17-10-16(17)15-9-7-6-8-12(15)2/h6-9,16-17H,5,10-11H2,1-4H3,(H2,20,21,23). The third kappa shape index (κ3) is 3.78. The summed E-state index contributed by atoms with van der Waals surface area (Å²) in [6.07, 6.45) is 1.15. The number of nitrogens with zero attached hydrogens (tertiary/aromatic N) is 2. The molecular weight excluding hydrogens is 300 g/mol. The minimum atomic E-state index is 0.442. The van der Waals surface area contributed by atoms with Crippen LogP contribution in [0.4, 0.5) is 0 Å². The predicted molar refractivity (Wildman–Crippen MR) is 96.3 cm³/mol. The SMILES string of the molecule is CCNC(=NCc1nc(C)c(C)o1)NC1CC1c1ccccc1C. The van der Waals surface area contributed by atoms with Crippen molar-refractivity contribution in [2.75, 3.05) is 6.54 Å². The third-order valence-electron chi connectivity index (χ3n) is 4.49. The van der Waals surface area contributed by atoms with Gasteiger partial charge in [0.1, 0.15) is 12.3 Å². The highest BCUT2D eigenvalue weighted by atomic mass is 16.4. The Morgan fingerprint density at radius 1 is 1.29 bits per heavy atom. The molecule has 2 N–H and O–H groups in total. The highest BCUT2D eigenvalue weighted by Crippen LogP contribution is 2.42. The van der Waals surface area contributed by atoms with Crippen LogP contribution < -0.4 is 10.6 Å². The molecule has 2 unspecified atom stereocenters. The van der Waals surface area contributed by atoms with Gasteiger partial charge >= 0.3 is 0 Å². The third-order valence-corrected chi connectivity index (χ3v) is 4.49. The molecule has 1 aliphatic carbocycles. The van der Waals surface area contributed by atoms with Gasteiger partial charge in [0.25, 0.3) is 0 Å². The summed E-state index contributed by atoms with van der Waals surface area (Å²) in [6.45, 7) is 9.41. The van der Waals surface area contributed by atoms with Crippen molar-refractivity contribution in [3.8, 4) is 0 Å². The Bertz CT molecular complexity index is 715. The van der Waals surface area contributed by atoms with Gasteiger partial charge in [-0.05, 0) is 45.2 Å². The van der Waals surface area contributed by atoms with Crippen LogP contribution in [-0.2, 0) is 6.54 Å². The zero-order valence-corrected chi connectivity index (χ0v) is 14.9. The van der Waals surface area contributed by atoms with Gasteiger partial charge in [0.2, 0.25) is 5.89 Å². The molecule has 0 bridgehead atoms. The Balaban J connectivity index is 1.62. The largest absolute Gasteiger partial charge is 0.444 e. The van der Waals surface area contributed by atoms with Gasteiger partial charge in [-0.25, -0.2) is 9.98 Å². The zero-order chi connectivity index (χ0) is 17.1. The molecule has 1 fully saturated rings. The molecule has 24 heavy (non-hydrogen) atoms. The number of guanidine groups is 1. The first kappa shape index (κ1) is 16.6. The van der Waals surface area contributed by atoms with Crippen LogP contribution in [0.5, 0.6) is 0 Å². The summed E-state index contributed by atoms with van der Waals surface area (Å²) in [7, 11) is 0. The molecule has 0 saturated heterocycles. The van der Waals surface area contributed by atoms with Crippen molar-refractivity contribution in [1.82, 2.24) is 15.6 Å². The number of hydrogen-bond donors (Lipinski definition) is 2. The maximum atomic E-state index is 5.60. The molecule has 5 heteroatoms. The van der Waals surface area contributed by atoms with E-state index in [-0.39, 0.29) is 0 Å². The number of benzene rings is 1. The molecular formula is C19H26N4O. The van der Waals surface area contributed by atoms with Crippen LogP contribution in [0.25, 0.3) is 0 Å². The molecule has 1 heterocycles. The van der Waals surface area contributed by atoms with Crippen molar-refractivity contribution in [2.45, 2.75) is 52.6 Å². The molecule has 128 valence electrons. The molecule has 2 aromatic rings. The van der Waals surface area contributed by atoms with Gasteiger partial charge in [0.15, 0.2) is 5.96 Å². The lowest BCUT2D eigenvalue weighted by atomic mass is 10.0. The first-order valence-corrected chi connectivity index (χ1v) is 8.61. The second-order valence-corrected chi connectivity index (χ2v) is 6.39. The van der Waals surface area contributed by atoms with Gasteiger partial charge in [0.05, 0.1) is 5.69 Å². The molecule has 0 spiro atoms. The molecule has 1 aromatic heterocycles. The quantitative estimate of drug-likeness (QED) is 0.654. The van der Waals surface area contributed by atoms with Crippen molar-refractivity contribution < 1.29 is 4.42 Å². The fraction of sp³-hybridized carbons (Fsp3) is 0.474. The van der Waals surface area contributed by atoms with Crippen molar-refractivity contribution in [2.24, 2.45) is 4.99 Å². The first-order chi connectivity index (χ1) is 11.6. The minimum Gasteiger partial charge on any atom is -0.444 e. The van der Waals surface area contributed by atoms with Gasteiger partial charge in [-0.3, -0.25) is 0 Å². The maximum Gasteiger partial charge on any atom is 0.216 e. The van der Waals surface area contributed by atoms with Crippen LogP contribution >= 0.6 is 0 Å². The van der Waals surface area contributed by atoms with Gasteiger partial charge in [-0.15, -0.1) is 0 Å². The van der Waals surface area contributed by atoms with Crippen LogP contribution in [-0.4, -0.2) is 23.5 Å².